The van der Waals surface area contributed by atoms with E-state index < -0.39 is 5.54 Å². The first-order valence-electron chi connectivity index (χ1n) is 21.7. The molecule has 0 aliphatic rings. The molecule has 0 unspecified atom stereocenters. The molecule has 328 valence electrons. The third-order valence-electron chi connectivity index (χ3n) is 9.13. The van der Waals surface area contributed by atoms with Crippen molar-refractivity contribution >= 4 is 29.5 Å². The first-order valence-corrected chi connectivity index (χ1v) is 21.7. The minimum atomic E-state index is -0.694. The van der Waals surface area contributed by atoms with Gasteiger partial charge in [-0.1, -0.05) is 59.3 Å². The van der Waals surface area contributed by atoms with Gasteiger partial charge in [-0.15, -0.1) is 0 Å². The normalized spacial score (nSPS) is 11.3. The van der Waals surface area contributed by atoms with Crippen LogP contribution in [0.2, 0.25) is 0 Å². The molecular formula is C41H81N7O8. The van der Waals surface area contributed by atoms with Crippen LogP contribution in [0.15, 0.2) is 0 Å². The van der Waals surface area contributed by atoms with Crippen LogP contribution in [0.5, 0.6) is 0 Å². The molecule has 15 nitrogen and oxygen atoms in total. The fraction of sp³-hybridized carbons (Fsp3) is 0.878. The zero-order valence-corrected chi connectivity index (χ0v) is 35.7. The predicted octanol–water partition coefficient (Wildman–Crippen LogP) is 3.25. The Labute approximate surface area is 338 Å². The number of carbonyl (C=O) groups excluding carboxylic acids is 5. The van der Waals surface area contributed by atoms with Crippen molar-refractivity contribution in [1.29, 1.82) is 0 Å². The van der Waals surface area contributed by atoms with Crippen molar-refractivity contribution in [3.63, 3.8) is 0 Å². The van der Waals surface area contributed by atoms with Gasteiger partial charge < -0.3 is 51.4 Å². The van der Waals surface area contributed by atoms with E-state index in [1.54, 1.807) is 0 Å². The number of nitrogens with one attached hydrogen (secondary N) is 7. The topological polar surface area (TPSA) is 197 Å². The van der Waals surface area contributed by atoms with E-state index in [1.807, 2.05) is 7.05 Å². The summed E-state index contributed by atoms with van der Waals surface area (Å²) in [4.78, 5) is 60.3. The van der Waals surface area contributed by atoms with Crippen LogP contribution in [-0.2, 0) is 38.2 Å². The lowest BCUT2D eigenvalue weighted by molar-refractivity contribution is -0.123. The van der Waals surface area contributed by atoms with Gasteiger partial charge in [0.25, 0.3) is 0 Å². The highest BCUT2D eigenvalue weighted by Gasteiger charge is 2.30. The van der Waals surface area contributed by atoms with Gasteiger partial charge in [0.1, 0.15) is 0 Å². The number of ether oxygens (including phenoxy) is 3. The third-order valence-corrected chi connectivity index (χ3v) is 9.13. The third kappa shape index (κ3) is 34.4. The second-order valence-corrected chi connectivity index (χ2v) is 14.5. The Morgan fingerprint density at radius 1 is 0.393 bits per heavy atom. The van der Waals surface area contributed by atoms with E-state index in [4.69, 9.17) is 14.2 Å². The number of unbranched alkanes of at least 4 members (excludes halogenated alkanes) is 6. The van der Waals surface area contributed by atoms with Gasteiger partial charge in [-0.3, -0.25) is 24.0 Å². The Bertz CT molecular complexity index is 953. The lowest BCUT2D eigenvalue weighted by Crippen LogP contribution is -2.55. The summed E-state index contributed by atoms with van der Waals surface area (Å²) in [6, 6.07) is 0. The maximum absolute atomic E-state index is 12.4. The predicted molar refractivity (Wildman–Crippen MR) is 222 cm³/mol. The zero-order valence-electron chi connectivity index (χ0n) is 35.7. The molecule has 15 heteroatoms. The van der Waals surface area contributed by atoms with E-state index in [2.05, 4.69) is 58.0 Å². The van der Waals surface area contributed by atoms with Gasteiger partial charge in [0.05, 0.1) is 38.6 Å². The Balaban J connectivity index is 4.58. The van der Waals surface area contributed by atoms with E-state index >= 15 is 0 Å². The van der Waals surface area contributed by atoms with E-state index in [0.717, 1.165) is 83.7 Å². The van der Waals surface area contributed by atoms with Crippen molar-refractivity contribution in [3.8, 4) is 0 Å². The molecule has 0 atom stereocenters. The molecule has 0 rings (SSSR count). The summed E-state index contributed by atoms with van der Waals surface area (Å²) in [5, 5.41) is 21.2. The maximum Gasteiger partial charge on any atom is 0.222 e. The van der Waals surface area contributed by atoms with Gasteiger partial charge in [0.2, 0.25) is 29.5 Å². The number of hydrogen-bond donors (Lipinski definition) is 7. The minimum absolute atomic E-state index is 0.0529. The van der Waals surface area contributed by atoms with Gasteiger partial charge in [-0.2, -0.15) is 0 Å². The largest absolute Gasteiger partial charge is 0.379 e. The Hall–Kier alpha value is -2.85. The Morgan fingerprint density at radius 3 is 1.07 bits per heavy atom. The van der Waals surface area contributed by atoms with Crippen LogP contribution >= 0.6 is 0 Å². The summed E-state index contributed by atoms with van der Waals surface area (Å²) in [6.45, 7) is 12.3. The van der Waals surface area contributed by atoms with Crippen LogP contribution < -0.4 is 37.2 Å². The average molecular weight is 800 g/mol. The lowest BCUT2D eigenvalue weighted by Gasteiger charge is -2.33. The molecule has 0 aliphatic carbocycles. The van der Waals surface area contributed by atoms with E-state index in [-0.39, 0.29) is 68.8 Å². The standard InChI is InChI=1S/C41H81N7O8/c1-5-8-11-18-36(49)44-25-14-23-43-24-17-30-54-33-41(42-4,34-55-31-21-39(52)47-28-15-26-45-37(50)19-12-9-6-2)35-56-32-22-40(53)48-29-16-27-46-38(51)20-13-10-7-3/h42-43H,5-35H2,1-4H3,(H,44,49)(H,45,50)(H,46,51)(H,47,52)(H,48,53). The first kappa shape index (κ1) is 53.1. The number of carbonyl (C=O) groups is 5. The monoisotopic (exact) mass is 800 g/mol. The molecule has 5 amide bonds. The summed E-state index contributed by atoms with van der Waals surface area (Å²) >= 11 is 0. The van der Waals surface area contributed by atoms with Gasteiger partial charge in [0, 0.05) is 71.4 Å². The van der Waals surface area contributed by atoms with Crippen molar-refractivity contribution in [2.24, 2.45) is 0 Å². The molecule has 56 heavy (non-hydrogen) atoms. The van der Waals surface area contributed by atoms with Crippen LogP contribution in [-0.4, -0.2) is 128 Å². The second kappa shape index (κ2) is 39.0. The maximum atomic E-state index is 12.4. The van der Waals surface area contributed by atoms with E-state index in [9.17, 15) is 24.0 Å². The summed E-state index contributed by atoms with van der Waals surface area (Å²) in [6.07, 6.45) is 14.2. The molecule has 0 heterocycles. The number of rotatable bonds is 41. The molecule has 0 saturated heterocycles. The molecule has 0 aromatic rings. The van der Waals surface area contributed by atoms with Crippen LogP contribution in [0.4, 0.5) is 0 Å². The molecule has 0 fully saturated rings. The van der Waals surface area contributed by atoms with Crippen LogP contribution in [0.3, 0.4) is 0 Å². The second-order valence-electron chi connectivity index (χ2n) is 14.5. The quantitative estimate of drug-likeness (QED) is 0.0451. The van der Waals surface area contributed by atoms with Crippen molar-refractivity contribution in [2.75, 3.05) is 92.5 Å². The zero-order chi connectivity index (χ0) is 41.4. The summed E-state index contributed by atoms with van der Waals surface area (Å²) in [7, 11) is 1.81. The number of amides is 5. The molecule has 0 saturated carbocycles. The van der Waals surface area contributed by atoms with E-state index in [0.29, 0.717) is 78.0 Å². The minimum Gasteiger partial charge on any atom is -0.379 e. The molecule has 0 bridgehead atoms. The molecular weight excluding hydrogens is 718 g/mol. The fourth-order valence-electron chi connectivity index (χ4n) is 5.48. The molecule has 0 aromatic heterocycles. The molecule has 0 aliphatic heterocycles. The number of hydrogen-bond acceptors (Lipinski definition) is 10. The van der Waals surface area contributed by atoms with Crippen molar-refractivity contribution < 1.29 is 38.2 Å². The van der Waals surface area contributed by atoms with Crippen molar-refractivity contribution in [2.45, 2.75) is 142 Å². The fourth-order valence-corrected chi connectivity index (χ4v) is 5.48. The highest BCUT2D eigenvalue weighted by molar-refractivity contribution is 5.77. The van der Waals surface area contributed by atoms with Crippen molar-refractivity contribution in [1.82, 2.24) is 37.2 Å². The summed E-state index contributed by atoms with van der Waals surface area (Å²) in [5.74, 6) is -0.0142. The van der Waals surface area contributed by atoms with Gasteiger partial charge in [0.15, 0.2) is 0 Å². The smallest absolute Gasteiger partial charge is 0.222 e. The van der Waals surface area contributed by atoms with Crippen LogP contribution in [0.25, 0.3) is 0 Å². The van der Waals surface area contributed by atoms with Crippen molar-refractivity contribution in [3.05, 3.63) is 0 Å². The van der Waals surface area contributed by atoms with Gasteiger partial charge in [-0.25, -0.2) is 0 Å². The molecule has 0 spiro atoms. The SMILES string of the molecule is CCCCCC(=O)NCCCNCCCOCC(COCCC(=O)NCCCNC(=O)CCCCC)(COCCC(=O)NCCCNC(=O)CCCCC)NC. The van der Waals surface area contributed by atoms with Gasteiger partial charge >= 0.3 is 0 Å². The molecule has 0 aromatic carbocycles. The highest BCUT2D eigenvalue weighted by Crippen LogP contribution is 2.09. The molecule has 7 N–H and O–H groups in total. The average Bonchev–Trinajstić information content (AvgIpc) is 3.18. The lowest BCUT2D eigenvalue weighted by atomic mass is 10.0. The Morgan fingerprint density at radius 2 is 0.714 bits per heavy atom. The highest BCUT2D eigenvalue weighted by atomic mass is 16.5. The van der Waals surface area contributed by atoms with Crippen LogP contribution in [0, 0.1) is 0 Å². The van der Waals surface area contributed by atoms with Crippen LogP contribution in [0.1, 0.15) is 136 Å². The van der Waals surface area contributed by atoms with E-state index in [1.165, 1.54) is 0 Å². The molecule has 0 radical (unpaired) electrons. The summed E-state index contributed by atoms with van der Waals surface area (Å²) in [5.41, 5.74) is -0.694. The number of likely N-dealkylation sites (N-methyl/N-ethyl adjacent to an activating group) is 1. The Kier molecular flexibility index (Phi) is 37.0. The first-order chi connectivity index (χ1) is 27.2. The summed E-state index contributed by atoms with van der Waals surface area (Å²) < 4.78 is 18.0. The van der Waals surface area contributed by atoms with Gasteiger partial charge in [-0.05, 0) is 65.1 Å².